The van der Waals surface area contributed by atoms with E-state index in [1.54, 1.807) is 25.3 Å². The van der Waals surface area contributed by atoms with Gasteiger partial charge in [-0.3, -0.25) is 4.79 Å². The zero-order chi connectivity index (χ0) is 10.8. The van der Waals surface area contributed by atoms with E-state index in [0.717, 1.165) is 5.69 Å². The summed E-state index contributed by atoms with van der Waals surface area (Å²) < 4.78 is 14.1. The first-order valence-electron chi connectivity index (χ1n) is 4.49. The van der Waals surface area contributed by atoms with Crippen LogP contribution in [0.1, 0.15) is 16.1 Å². The van der Waals surface area contributed by atoms with E-state index >= 15 is 0 Å². The van der Waals surface area contributed by atoms with Crippen LogP contribution < -0.4 is 0 Å². The van der Waals surface area contributed by atoms with Crippen LogP contribution >= 0.6 is 0 Å². The quantitative estimate of drug-likeness (QED) is 0.712. The zero-order valence-corrected chi connectivity index (χ0v) is 8.14. The maximum Gasteiger partial charge on any atom is 0.278 e. The van der Waals surface area contributed by atoms with E-state index in [9.17, 15) is 9.18 Å². The summed E-state index contributed by atoms with van der Waals surface area (Å²) in [5.41, 5.74) is 1.04. The highest BCUT2D eigenvalue weighted by molar-refractivity contribution is 5.95. The number of carbonyl (C=O) groups is 1. The van der Waals surface area contributed by atoms with Crippen molar-refractivity contribution in [2.75, 3.05) is 0 Å². The second kappa shape index (κ2) is 3.65. The Labute approximate surface area is 86.2 Å². The van der Waals surface area contributed by atoms with Crippen molar-refractivity contribution < 1.29 is 9.18 Å². The molecular formula is C11H9FN2O. The van der Waals surface area contributed by atoms with E-state index in [4.69, 9.17) is 0 Å². The Hall–Kier alpha value is -1.97. The molecule has 2 aromatic rings. The van der Waals surface area contributed by atoms with Gasteiger partial charge in [0.15, 0.2) is 0 Å². The van der Waals surface area contributed by atoms with Gasteiger partial charge in [0.2, 0.25) is 0 Å². The fourth-order valence-corrected chi connectivity index (χ4v) is 1.28. The minimum absolute atomic E-state index is 0.290. The Morgan fingerprint density at radius 1 is 1.40 bits per heavy atom. The Morgan fingerprint density at radius 2 is 2.20 bits per heavy atom. The van der Waals surface area contributed by atoms with Gasteiger partial charge in [0, 0.05) is 11.8 Å². The molecule has 0 radical (unpaired) electrons. The molecule has 4 heteroatoms. The van der Waals surface area contributed by atoms with Gasteiger partial charge in [-0.25, -0.2) is 9.07 Å². The lowest BCUT2D eigenvalue weighted by Crippen LogP contribution is -2.12. The summed E-state index contributed by atoms with van der Waals surface area (Å²) >= 11 is 0. The molecule has 0 spiro atoms. The average molecular weight is 204 g/mol. The second-order valence-corrected chi connectivity index (χ2v) is 3.22. The Morgan fingerprint density at radius 3 is 2.80 bits per heavy atom. The van der Waals surface area contributed by atoms with Gasteiger partial charge in [0.1, 0.15) is 5.82 Å². The number of rotatable bonds is 1. The third-order valence-electron chi connectivity index (χ3n) is 2.00. The number of aromatic nitrogens is 2. The maximum absolute atomic E-state index is 12.9. The lowest BCUT2D eigenvalue weighted by Gasteiger charge is -1.99. The first-order chi connectivity index (χ1) is 7.16. The minimum Gasteiger partial charge on any atom is -0.267 e. The van der Waals surface area contributed by atoms with Crippen molar-refractivity contribution in [1.29, 1.82) is 0 Å². The molecule has 0 aliphatic heterocycles. The van der Waals surface area contributed by atoms with Crippen LogP contribution in [0.3, 0.4) is 0 Å². The number of benzene rings is 1. The highest BCUT2D eigenvalue weighted by atomic mass is 19.1. The summed E-state index contributed by atoms with van der Waals surface area (Å²) in [5, 5.41) is 3.96. The molecule has 76 valence electrons. The molecule has 0 saturated carbocycles. The first kappa shape index (κ1) is 9.58. The van der Waals surface area contributed by atoms with E-state index < -0.39 is 5.82 Å². The highest BCUT2D eigenvalue weighted by Gasteiger charge is 2.09. The van der Waals surface area contributed by atoms with Gasteiger partial charge >= 0.3 is 0 Å². The van der Waals surface area contributed by atoms with Crippen LogP contribution in [-0.2, 0) is 0 Å². The SMILES string of the molecule is Cc1ccn(C(=O)c2cccc(F)c2)n1. The van der Waals surface area contributed by atoms with Crippen molar-refractivity contribution in [3.05, 3.63) is 53.6 Å². The van der Waals surface area contributed by atoms with E-state index in [1.165, 1.54) is 22.9 Å². The molecule has 0 atom stereocenters. The lowest BCUT2D eigenvalue weighted by molar-refractivity contribution is 0.0944. The molecule has 0 aliphatic rings. The number of aryl methyl sites for hydroxylation is 1. The molecule has 1 aromatic heterocycles. The van der Waals surface area contributed by atoms with Gasteiger partial charge in [-0.15, -0.1) is 0 Å². The van der Waals surface area contributed by atoms with Crippen molar-refractivity contribution in [3.63, 3.8) is 0 Å². The molecular weight excluding hydrogens is 195 g/mol. The summed E-state index contributed by atoms with van der Waals surface area (Å²) in [6, 6.07) is 7.27. The first-order valence-corrected chi connectivity index (χ1v) is 4.49. The Balaban J connectivity index is 2.36. The molecule has 0 unspecified atom stereocenters. The van der Waals surface area contributed by atoms with Crippen LogP contribution in [0.4, 0.5) is 4.39 Å². The van der Waals surface area contributed by atoms with Gasteiger partial charge in [0.25, 0.3) is 5.91 Å². The van der Waals surface area contributed by atoms with Crippen LogP contribution in [0.25, 0.3) is 0 Å². The van der Waals surface area contributed by atoms with Crippen molar-refractivity contribution in [1.82, 2.24) is 9.78 Å². The van der Waals surface area contributed by atoms with Crippen LogP contribution in [0.5, 0.6) is 0 Å². The fourth-order valence-electron chi connectivity index (χ4n) is 1.28. The topological polar surface area (TPSA) is 34.9 Å². The van der Waals surface area contributed by atoms with Crippen molar-refractivity contribution in [2.45, 2.75) is 6.92 Å². The summed E-state index contributed by atoms with van der Waals surface area (Å²) in [6.45, 7) is 1.79. The number of carbonyl (C=O) groups excluding carboxylic acids is 1. The average Bonchev–Trinajstić information content (AvgIpc) is 2.64. The summed E-state index contributed by atoms with van der Waals surface area (Å²) in [7, 11) is 0. The summed E-state index contributed by atoms with van der Waals surface area (Å²) in [5.74, 6) is -0.757. The van der Waals surface area contributed by atoms with Crippen LogP contribution in [0, 0.1) is 12.7 Å². The molecule has 0 fully saturated rings. The number of hydrogen-bond donors (Lipinski definition) is 0. The second-order valence-electron chi connectivity index (χ2n) is 3.22. The predicted octanol–water partition coefficient (Wildman–Crippen LogP) is 2.02. The molecule has 2 rings (SSSR count). The van der Waals surface area contributed by atoms with Crippen molar-refractivity contribution in [2.24, 2.45) is 0 Å². The van der Waals surface area contributed by atoms with E-state index in [0.29, 0.717) is 0 Å². The van der Waals surface area contributed by atoms with Gasteiger partial charge in [-0.1, -0.05) is 6.07 Å². The molecule has 0 N–H and O–H groups in total. The third-order valence-corrected chi connectivity index (χ3v) is 2.00. The standard InChI is InChI=1S/C11H9FN2O/c1-8-5-6-14(13-8)11(15)9-3-2-4-10(12)7-9/h2-7H,1H3. The summed E-state index contributed by atoms with van der Waals surface area (Å²) in [6.07, 6.45) is 1.56. The molecule has 0 saturated heterocycles. The Kier molecular flexibility index (Phi) is 2.33. The highest BCUT2D eigenvalue weighted by Crippen LogP contribution is 2.06. The summed E-state index contributed by atoms with van der Waals surface area (Å²) in [4.78, 5) is 11.7. The molecule has 15 heavy (non-hydrogen) atoms. The van der Waals surface area contributed by atoms with Gasteiger partial charge in [-0.05, 0) is 31.2 Å². The molecule has 0 bridgehead atoms. The van der Waals surface area contributed by atoms with Crippen LogP contribution in [-0.4, -0.2) is 15.7 Å². The number of halogens is 1. The minimum atomic E-state index is -0.426. The van der Waals surface area contributed by atoms with E-state index in [-0.39, 0.29) is 11.5 Å². The lowest BCUT2D eigenvalue weighted by atomic mass is 10.2. The van der Waals surface area contributed by atoms with Gasteiger partial charge in [-0.2, -0.15) is 5.10 Å². The number of nitrogens with zero attached hydrogens (tertiary/aromatic N) is 2. The van der Waals surface area contributed by atoms with E-state index in [2.05, 4.69) is 5.10 Å². The molecule has 1 aromatic carbocycles. The molecule has 0 aliphatic carbocycles. The van der Waals surface area contributed by atoms with Crippen molar-refractivity contribution >= 4 is 5.91 Å². The number of hydrogen-bond acceptors (Lipinski definition) is 2. The Bertz CT molecular complexity index is 505. The smallest absolute Gasteiger partial charge is 0.267 e. The van der Waals surface area contributed by atoms with Crippen molar-refractivity contribution in [3.8, 4) is 0 Å². The largest absolute Gasteiger partial charge is 0.278 e. The molecule has 0 amide bonds. The van der Waals surface area contributed by atoms with E-state index in [1.807, 2.05) is 0 Å². The third kappa shape index (κ3) is 1.93. The normalized spacial score (nSPS) is 10.3. The molecule has 1 heterocycles. The fraction of sp³-hybridized carbons (Fsp3) is 0.0909. The zero-order valence-electron chi connectivity index (χ0n) is 8.14. The van der Waals surface area contributed by atoms with Gasteiger partial charge in [0.05, 0.1) is 5.69 Å². The monoisotopic (exact) mass is 204 g/mol. The molecule has 3 nitrogen and oxygen atoms in total. The maximum atomic E-state index is 12.9. The van der Waals surface area contributed by atoms with Crippen LogP contribution in [0.15, 0.2) is 36.5 Å². The predicted molar refractivity (Wildman–Crippen MR) is 53.1 cm³/mol. The van der Waals surface area contributed by atoms with Crippen LogP contribution in [0.2, 0.25) is 0 Å². The van der Waals surface area contributed by atoms with Gasteiger partial charge < -0.3 is 0 Å².